The van der Waals surface area contributed by atoms with E-state index in [9.17, 15) is 9.59 Å². The van der Waals surface area contributed by atoms with Crippen LogP contribution in [0.5, 0.6) is 0 Å². The highest BCUT2D eigenvalue weighted by molar-refractivity contribution is 9.11. The molecule has 0 saturated carbocycles. The predicted molar refractivity (Wildman–Crippen MR) is 77.3 cm³/mol. The molecule has 0 saturated heterocycles. The Morgan fingerprint density at radius 1 is 1.42 bits per heavy atom. The molecule has 1 unspecified atom stereocenters. The van der Waals surface area contributed by atoms with Gasteiger partial charge in [0.15, 0.2) is 6.10 Å². The van der Waals surface area contributed by atoms with Crippen LogP contribution in [0.15, 0.2) is 27.1 Å². The van der Waals surface area contributed by atoms with Gasteiger partial charge in [0.1, 0.15) is 0 Å². The number of benzene rings is 1. The number of nitrogens with one attached hydrogen (secondary N) is 2. The Labute approximate surface area is 126 Å². The smallest absolute Gasteiger partial charge is 0.334 e. The van der Waals surface area contributed by atoms with Gasteiger partial charge in [-0.15, -0.1) is 0 Å². The minimum Gasteiger partial charge on any atom is -0.479 e. The number of methoxy groups -OCH3 is 1. The summed E-state index contributed by atoms with van der Waals surface area (Å²) in [7, 11) is 1.27. The lowest BCUT2D eigenvalue weighted by Crippen LogP contribution is -2.39. The third-order valence-electron chi connectivity index (χ3n) is 2.18. The van der Waals surface area contributed by atoms with Gasteiger partial charge in [0.25, 0.3) is 0 Å². The van der Waals surface area contributed by atoms with Crippen molar-refractivity contribution in [3.63, 3.8) is 0 Å². The Morgan fingerprint density at radius 3 is 2.68 bits per heavy atom. The fraction of sp³-hybridized carbons (Fsp3) is 0.273. The Morgan fingerprint density at radius 2 is 2.11 bits per heavy atom. The van der Waals surface area contributed by atoms with Gasteiger partial charge in [0.2, 0.25) is 0 Å². The average molecular weight is 396 g/mol. The first kappa shape index (κ1) is 15.9. The summed E-state index contributed by atoms with van der Waals surface area (Å²) in [5.74, 6) is -1.13. The molecule has 0 fully saturated rings. The standard InChI is InChI=1S/C11H12Br2N2O4/c1-19-9(10(16)17)5-14-11(18)15-8-4-6(12)2-3-7(8)13/h2-4,9H,5H2,1H3,(H,16,17)(H2,14,15,18). The number of amides is 2. The van der Waals surface area contributed by atoms with Crippen molar-refractivity contribution in [3.8, 4) is 0 Å². The van der Waals surface area contributed by atoms with Gasteiger partial charge >= 0.3 is 12.0 Å². The molecule has 1 aromatic rings. The minimum absolute atomic E-state index is 0.122. The minimum atomic E-state index is -1.13. The van der Waals surface area contributed by atoms with Crippen molar-refractivity contribution in [3.05, 3.63) is 27.1 Å². The highest BCUT2D eigenvalue weighted by atomic mass is 79.9. The van der Waals surface area contributed by atoms with Crippen LogP contribution in [0.3, 0.4) is 0 Å². The quantitative estimate of drug-likeness (QED) is 0.714. The number of carboxylic acid groups (broad SMARTS) is 1. The van der Waals surface area contributed by atoms with Gasteiger partial charge < -0.3 is 20.5 Å². The van der Waals surface area contributed by atoms with Crippen LogP contribution >= 0.6 is 31.9 Å². The van der Waals surface area contributed by atoms with Gasteiger partial charge in [-0.05, 0) is 34.1 Å². The molecule has 19 heavy (non-hydrogen) atoms. The highest BCUT2D eigenvalue weighted by Gasteiger charge is 2.17. The van der Waals surface area contributed by atoms with E-state index >= 15 is 0 Å². The molecule has 8 heteroatoms. The number of rotatable bonds is 5. The number of hydrogen-bond donors (Lipinski definition) is 3. The van der Waals surface area contributed by atoms with Gasteiger partial charge in [0.05, 0.1) is 12.2 Å². The molecule has 3 N–H and O–H groups in total. The van der Waals surface area contributed by atoms with E-state index in [4.69, 9.17) is 9.84 Å². The fourth-order valence-corrected chi connectivity index (χ4v) is 1.92. The van der Waals surface area contributed by atoms with E-state index in [1.54, 1.807) is 12.1 Å². The monoisotopic (exact) mass is 394 g/mol. The van der Waals surface area contributed by atoms with Gasteiger partial charge in [-0.1, -0.05) is 15.9 Å². The molecule has 2 amide bonds. The Balaban J connectivity index is 2.56. The lowest BCUT2D eigenvalue weighted by Gasteiger charge is -2.13. The largest absolute Gasteiger partial charge is 0.479 e. The third kappa shape index (κ3) is 5.17. The van der Waals surface area contributed by atoms with E-state index in [0.29, 0.717) is 10.2 Å². The van der Waals surface area contributed by atoms with Crippen LogP contribution in [0, 0.1) is 0 Å². The number of anilines is 1. The summed E-state index contributed by atoms with van der Waals surface area (Å²) in [6.45, 7) is -0.122. The molecule has 1 rings (SSSR count). The summed E-state index contributed by atoms with van der Waals surface area (Å²) in [5.41, 5.74) is 0.566. The van der Waals surface area contributed by atoms with E-state index < -0.39 is 18.1 Å². The maximum absolute atomic E-state index is 11.6. The lowest BCUT2D eigenvalue weighted by molar-refractivity contribution is -0.147. The molecule has 6 nitrogen and oxygen atoms in total. The second kappa shape index (κ2) is 7.46. The summed E-state index contributed by atoms with van der Waals surface area (Å²) in [5, 5.41) is 13.8. The van der Waals surface area contributed by atoms with Crippen LogP contribution in [-0.4, -0.2) is 36.9 Å². The van der Waals surface area contributed by atoms with Crippen molar-refractivity contribution in [2.75, 3.05) is 19.0 Å². The molecule has 0 heterocycles. The van der Waals surface area contributed by atoms with Crippen molar-refractivity contribution >= 4 is 49.5 Å². The summed E-state index contributed by atoms with van der Waals surface area (Å²) in [6.07, 6.45) is -1.07. The van der Waals surface area contributed by atoms with Crippen LogP contribution in [0.2, 0.25) is 0 Å². The van der Waals surface area contributed by atoms with Gasteiger partial charge in [-0.25, -0.2) is 9.59 Å². The zero-order valence-electron chi connectivity index (χ0n) is 9.94. The number of carboxylic acids is 1. The van der Waals surface area contributed by atoms with Crippen LogP contribution in [-0.2, 0) is 9.53 Å². The number of carbonyl (C=O) groups excluding carboxylic acids is 1. The lowest BCUT2D eigenvalue weighted by atomic mass is 10.3. The fourth-order valence-electron chi connectivity index (χ4n) is 1.22. The number of halogens is 2. The van der Waals surface area contributed by atoms with Gasteiger partial charge in [0, 0.05) is 16.1 Å². The summed E-state index contributed by atoms with van der Waals surface area (Å²) in [6, 6.07) is 4.80. The molecule has 0 bridgehead atoms. The zero-order chi connectivity index (χ0) is 14.4. The van der Waals surface area contributed by atoms with Crippen molar-refractivity contribution < 1.29 is 19.4 Å². The Kier molecular flexibility index (Phi) is 6.26. The Bertz CT molecular complexity index is 482. The molecule has 0 aliphatic heterocycles. The average Bonchev–Trinajstić information content (AvgIpc) is 2.34. The first-order chi connectivity index (χ1) is 8.93. The first-order valence-electron chi connectivity index (χ1n) is 5.19. The highest BCUT2D eigenvalue weighted by Crippen LogP contribution is 2.25. The molecule has 0 radical (unpaired) electrons. The summed E-state index contributed by atoms with van der Waals surface area (Å²) in [4.78, 5) is 22.3. The maximum atomic E-state index is 11.6. The van der Waals surface area contributed by atoms with Crippen LogP contribution in [0.4, 0.5) is 10.5 Å². The topological polar surface area (TPSA) is 87.7 Å². The molecule has 0 aromatic heterocycles. The molecular weight excluding hydrogens is 384 g/mol. The van der Waals surface area contributed by atoms with Crippen LogP contribution in [0.1, 0.15) is 0 Å². The first-order valence-corrected chi connectivity index (χ1v) is 6.78. The van der Waals surface area contributed by atoms with E-state index in [1.165, 1.54) is 7.11 Å². The van der Waals surface area contributed by atoms with Gasteiger partial charge in [-0.2, -0.15) is 0 Å². The molecule has 1 atom stereocenters. The van der Waals surface area contributed by atoms with Crippen molar-refractivity contribution in [2.24, 2.45) is 0 Å². The van der Waals surface area contributed by atoms with Crippen molar-refractivity contribution in [1.29, 1.82) is 0 Å². The second-order valence-electron chi connectivity index (χ2n) is 3.52. The molecule has 0 spiro atoms. The summed E-state index contributed by atoms with van der Waals surface area (Å²) < 4.78 is 6.22. The van der Waals surface area contributed by atoms with Crippen LogP contribution in [0.25, 0.3) is 0 Å². The number of aliphatic carboxylic acids is 1. The third-order valence-corrected chi connectivity index (χ3v) is 3.37. The molecule has 0 aliphatic rings. The normalized spacial score (nSPS) is 11.7. The number of carbonyl (C=O) groups is 2. The van der Waals surface area contributed by atoms with Crippen molar-refractivity contribution in [1.82, 2.24) is 5.32 Å². The van der Waals surface area contributed by atoms with Crippen molar-refractivity contribution in [2.45, 2.75) is 6.10 Å². The predicted octanol–water partition coefficient (Wildman–Crippen LogP) is 2.43. The molecule has 0 aliphatic carbocycles. The second-order valence-corrected chi connectivity index (χ2v) is 5.29. The number of urea groups is 1. The zero-order valence-corrected chi connectivity index (χ0v) is 13.1. The van der Waals surface area contributed by atoms with E-state index in [2.05, 4.69) is 42.5 Å². The number of hydrogen-bond acceptors (Lipinski definition) is 3. The van der Waals surface area contributed by atoms with E-state index in [0.717, 1.165) is 4.47 Å². The molecule has 1 aromatic carbocycles. The number of ether oxygens (including phenoxy) is 1. The molecular formula is C11H12Br2N2O4. The maximum Gasteiger partial charge on any atom is 0.334 e. The summed E-state index contributed by atoms with van der Waals surface area (Å²) >= 11 is 6.58. The molecule has 104 valence electrons. The van der Waals surface area contributed by atoms with E-state index in [1.807, 2.05) is 6.07 Å². The SMILES string of the molecule is COC(CNC(=O)Nc1cc(Br)ccc1Br)C(=O)O. The Hall–Kier alpha value is -1.12. The van der Waals surface area contributed by atoms with Crippen LogP contribution < -0.4 is 10.6 Å². The van der Waals surface area contributed by atoms with E-state index in [-0.39, 0.29) is 6.54 Å². The van der Waals surface area contributed by atoms with Gasteiger partial charge in [-0.3, -0.25) is 0 Å².